The molecule has 0 amide bonds. The van der Waals surface area contributed by atoms with Crippen LogP contribution < -0.4 is 15.2 Å². The van der Waals surface area contributed by atoms with E-state index in [4.69, 9.17) is 15.2 Å². The fourth-order valence-corrected chi connectivity index (χ4v) is 2.73. The second-order valence-electron chi connectivity index (χ2n) is 4.63. The number of H-pyrrole nitrogens is 1. The Morgan fingerprint density at radius 1 is 1.20 bits per heavy atom. The molecule has 1 aliphatic rings. The van der Waals surface area contributed by atoms with Crippen LogP contribution in [0.2, 0.25) is 0 Å². The van der Waals surface area contributed by atoms with Gasteiger partial charge in [0, 0.05) is 5.69 Å². The standard InChI is InChI=1S/C14H16BrN3O2/c15-14-10(17-13(8-16)18-14)3-1-9-2-4-11-12(7-9)20-6-5-19-11/h2,4,7H,1,3,5-6,8,16H2,(H,17,18). The lowest BCUT2D eigenvalue weighted by molar-refractivity contribution is 0.171. The van der Waals surface area contributed by atoms with Crippen molar-refractivity contribution in [2.24, 2.45) is 5.73 Å². The van der Waals surface area contributed by atoms with Crippen molar-refractivity contribution in [1.29, 1.82) is 0 Å². The highest BCUT2D eigenvalue weighted by Gasteiger charge is 2.12. The van der Waals surface area contributed by atoms with Crippen molar-refractivity contribution in [3.05, 3.63) is 39.9 Å². The van der Waals surface area contributed by atoms with Gasteiger partial charge in [-0.05, 0) is 46.5 Å². The number of aryl methyl sites for hydroxylation is 2. The molecule has 0 aliphatic carbocycles. The van der Waals surface area contributed by atoms with Gasteiger partial charge in [0.1, 0.15) is 23.6 Å². The number of aromatic amines is 1. The Morgan fingerprint density at radius 3 is 2.75 bits per heavy atom. The number of nitrogens with two attached hydrogens (primary N) is 1. The molecular weight excluding hydrogens is 322 g/mol. The van der Waals surface area contributed by atoms with Gasteiger partial charge in [-0.2, -0.15) is 0 Å². The van der Waals surface area contributed by atoms with E-state index in [1.807, 2.05) is 12.1 Å². The third-order valence-corrected chi connectivity index (χ3v) is 3.90. The monoisotopic (exact) mass is 337 g/mol. The second kappa shape index (κ2) is 5.85. The first kappa shape index (κ1) is 13.5. The molecule has 0 unspecified atom stereocenters. The van der Waals surface area contributed by atoms with Gasteiger partial charge in [-0.25, -0.2) is 4.98 Å². The van der Waals surface area contributed by atoms with Crippen molar-refractivity contribution in [3.8, 4) is 11.5 Å². The van der Waals surface area contributed by atoms with Crippen molar-refractivity contribution in [2.45, 2.75) is 19.4 Å². The predicted octanol–water partition coefficient (Wildman–Crippen LogP) is 2.19. The number of fused-ring (bicyclic) bond motifs is 1. The van der Waals surface area contributed by atoms with Crippen LogP contribution >= 0.6 is 15.9 Å². The van der Waals surface area contributed by atoms with E-state index in [0.717, 1.165) is 40.5 Å². The van der Waals surface area contributed by atoms with Gasteiger partial charge >= 0.3 is 0 Å². The number of imidazole rings is 1. The minimum Gasteiger partial charge on any atom is -0.486 e. The number of rotatable bonds is 4. The van der Waals surface area contributed by atoms with Crippen LogP contribution in [-0.4, -0.2) is 23.2 Å². The van der Waals surface area contributed by atoms with Crippen molar-refractivity contribution < 1.29 is 9.47 Å². The average Bonchev–Trinajstić information content (AvgIpc) is 2.85. The molecular formula is C14H16BrN3O2. The summed E-state index contributed by atoms with van der Waals surface area (Å²) in [6.07, 6.45) is 1.77. The van der Waals surface area contributed by atoms with Crippen LogP contribution in [0.3, 0.4) is 0 Å². The van der Waals surface area contributed by atoms with Crippen LogP contribution in [0.25, 0.3) is 0 Å². The van der Waals surface area contributed by atoms with Crippen molar-refractivity contribution in [1.82, 2.24) is 9.97 Å². The first-order valence-electron chi connectivity index (χ1n) is 6.58. The van der Waals surface area contributed by atoms with Crippen LogP contribution in [0.15, 0.2) is 22.8 Å². The van der Waals surface area contributed by atoms with E-state index < -0.39 is 0 Å². The number of halogens is 1. The smallest absolute Gasteiger partial charge is 0.161 e. The van der Waals surface area contributed by atoms with Crippen molar-refractivity contribution in [2.75, 3.05) is 13.2 Å². The number of nitrogens with one attached hydrogen (secondary N) is 1. The van der Waals surface area contributed by atoms with Crippen LogP contribution in [0.1, 0.15) is 17.1 Å². The molecule has 106 valence electrons. The molecule has 6 heteroatoms. The summed E-state index contributed by atoms with van der Waals surface area (Å²) >= 11 is 3.45. The van der Waals surface area contributed by atoms with Gasteiger partial charge < -0.3 is 20.2 Å². The molecule has 0 fully saturated rings. The van der Waals surface area contributed by atoms with E-state index >= 15 is 0 Å². The molecule has 0 radical (unpaired) electrons. The fraction of sp³-hybridized carbons (Fsp3) is 0.357. The minimum atomic E-state index is 0.419. The lowest BCUT2D eigenvalue weighted by atomic mass is 10.1. The number of hydrogen-bond acceptors (Lipinski definition) is 4. The minimum absolute atomic E-state index is 0.419. The maximum absolute atomic E-state index is 5.59. The van der Waals surface area contributed by atoms with Gasteiger partial charge in [0.25, 0.3) is 0 Å². The maximum Gasteiger partial charge on any atom is 0.161 e. The van der Waals surface area contributed by atoms with E-state index in [2.05, 4.69) is 32.0 Å². The Hall–Kier alpha value is -1.53. The largest absolute Gasteiger partial charge is 0.486 e. The Kier molecular flexibility index (Phi) is 3.93. The fourth-order valence-electron chi connectivity index (χ4n) is 2.21. The SMILES string of the molecule is NCc1nc(Br)c(CCc2ccc3c(c2)OCCO3)[nH]1. The number of ether oxygens (including phenoxy) is 2. The zero-order chi connectivity index (χ0) is 13.9. The molecule has 5 nitrogen and oxygen atoms in total. The molecule has 0 atom stereocenters. The molecule has 3 N–H and O–H groups in total. The predicted molar refractivity (Wildman–Crippen MR) is 79.0 cm³/mol. The topological polar surface area (TPSA) is 73.2 Å². The Labute approximate surface area is 125 Å². The van der Waals surface area contributed by atoms with E-state index in [0.29, 0.717) is 19.8 Å². The van der Waals surface area contributed by atoms with Crippen LogP contribution in [0.5, 0.6) is 11.5 Å². The first-order valence-corrected chi connectivity index (χ1v) is 7.37. The van der Waals surface area contributed by atoms with Crippen LogP contribution in [0, 0.1) is 0 Å². The summed E-state index contributed by atoms with van der Waals surface area (Å²) in [5.41, 5.74) is 7.85. The third-order valence-electron chi connectivity index (χ3n) is 3.24. The summed E-state index contributed by atoms with van der Waals surface area (Å²) in [6, 6.07) is 6.08. The van der Waals surface area contributed by atoms with Gasteiger partial charge in [0.05, 0.1) is 6.54 Å². The highest BCUT2D eigenvalue weighted by Crippen LogP contribution is 2.31. The molecule has 1 aromatic carbocycles. The Bertz CT molecular complexity index is 612. The van der Waals surface area contributed by atoms with E-state index in [1.54, 1.807) is 0 Å². The average molecular weight is 338 g/mol. The molecule has 0 spiro atoms. The van der Waals surface area contributed by atoms with Gasteiger partial charge in [0.2, 0.25) is 0 Å². The Morgan fingerprint density at radius 2 is 2.00 bits per heavy atom. The zero-order valence-corrected chi connectivity index (χ0v) is 12.6. The zero-order valence-electron chi connectivity index (χ0n) is 11.0. The highest BCUT2D eigenvalue weighted by molar-refractivity contribution is 9.10. The van der Waals surface area contributed by atoms with E-state index in [9.17, 15) is 0 Å². The highest BCUT2D eigenvalue weighted by atomic mass is 79.9. The number of aromatic nitrogens is 2. The number of benzene rings is 1. The first-order chi connectivity index (χ1) is 9.76. The molecule has 2 aromatic rings. The van der Waals surface area contributed by atoms with Gasteiger partial charge in [0.15, 0.2) is 11.5 Å². The Balaban J connectivity index is 1.70. The molecule has 0 saturated carbocycles. The van der Waals surface area contributed by atoms with Gasteiger partial charge in [-0.1, -0.05) is 6.07 Å². The quantitative estimate of drug-likeness (QED) is 0.896. The summed E-state index contributed by atoms with van der Waals surface area (Å²) in [7, 11) is 0. The summed E-state index contributed by atoms with van der Waals surface area (Å²) in [5.74, 6) is 2.46. The lowest BCUT2D eigenvalue weighted by Crippen LogP contribution is -2.15. The molecule has 3 rings (SSSR count). The molecule has 20 heavy (non-hydrogen) atoms. The van der Waals surface area contributed by atoms with Gasteiger partial charge in [-0.3, -0.25) is 0 Å². The van der Waals surface area contributed by atoms with Crippen molar-refractivity contribution in [3.63, 3.8) is 0 Å². The molecule has 0 bridgehead atoms. The number of nitrogens with zero attached hydrogens (tertiary/aromatic N) is 1. The van der Waals surface area contributed by atoms with Crippen LogP contribution in [0.4, 0.5) is 0 Å². The lowest BCUT2D eigenvalue weighted by Gasteiger charge is -2.18. The summed E-state index contributed by atoms with van der Waals surface area (Å²) in [6.45, 7) is 1.65. The second-order valence-corrected chi connectivity index (χ2v) is 5.39. The third kappa shape index (κ3) is 2.81. The van der Waals surface area contributed by atoms with E-state index in [-0.39, 0.29) is 0 Å². The van der Waals surface area contributed by atoms with Crippen molar-refractivity contribution >= 4 is 15.9 Å². The normalized spacial score (nSPS) is 13.5. The summed E-state index contributed by atoms with van der Waals surface area (Å²) in [4.78, 5) is 7.53. The van der Waals surface area contributed by atoms with Crippen LogP contribution in [-0.2, 0) is 19.4 Å². The summed E-state index contributed by atoms with van der Waals surface area (Å²) in [5, 5.41) is 0. The number of hydrogen-bond donors (Lipinski definition) is 2. The van der Waals surface area contributed by atoms with E-state index in [1.165, 1.54) is 5.56 Å². The molecule has 0 saturated heterocycles. The molecule has 2 heterocycles. The summed E-state index contributed by atoms with van der Waals surface area (Å²) < 4.78 is 11.9. The van der Waals surface area contributed by atoms with Gasteiger partial charge in [-0.15, -0.1) is 0 Å². The molecule has 1 aliphatic heterocycles. The molecule has 1 aromatic heterocycles. The maximum atomic E-state index is 5.59.